The van der Waals surface area contributed by atoms with Gasteiger partial charge in [0, 0.05) is 0 Å². The first-order valence-electron chi connectivity index (χ1n) is 11.7. The van der Waals surface area contributed by atoms with Crippen molar-refractivity contribution >= 4 is 49.9 Å². The Hall–Kier alpha value is -4.08. The zero-order valence-corrected chi connectivity index (χ0v) is 22.2. The topological polar surface area (TPSA) is 90.0 Å². The summed E-state index contributed by atoms with van der Waals surface area (Å²) < 4.78 is 36.3. The molecule has 0 spiro atoms. The minimum absolute atomic E-state index is 0.00497. The van der Waals surface area contributed by atoms with Crippen LogP contribution in [-0.2, 0) is 21.5 Å². The van der Waals surface area contributed by atoms with Gasteiger partial charge in [0.05, 0.1) is 18.6 Å². The van der Waals surface area contributed by atoms with Crippen molar-refractivity contribution in [3.05, 3.63) is 107 Å². The van der Waals surface area contributed by atoms with Crippen molar-refractivity contribution in [1.29, 1.82) is 0 Å². The van der Waals surface area contributed by atoms with Crippen LogP contribution in [0.15, 0.2) is 94.7 Å². The number of fused-ring (bicyclic) bond motifs is 1. The molecule has 0 aliphatic carbocycles. The second-order valence-corrected chi connectivity index (χ2v) is 11.2. The standard InChI is InChI=1S/C29H23NO6S2/c1-19-7-12-24(13-8-19)38(33,34)36-26-16-20(10-14-25(26)35-2)17-27-28(31)30(29(32)37-27)18-21-9-11-22-5-3-4-6-23(22)15-21/h3-17H,18H2,1-2H3/b27-17-. The Morgan fingerprint density at radius 2 is 1.61 bits per heavy atom. The molecule has 5 rings (SSSR count). The maximum Gasteiger partial charge on any atom is 0.339 e. The molecule has 2 amide bonds. The highest BCUT2D eigenvalue weighted by molar-refractivity contribution is 8.18. The van der Waals surface area contributed by atoms with Crippen LogP contribution in [0.1, 0.15) is 16.7 Å². The molecule has 38 heavy (non-hydrogen) atoms. The summed E-state index contributed by atoms with van der Waals surface area (Å²) in [6.45, 7) is 2.01. The third kappa shape index (κ3) is 5.29. The van der Waals surface area contributed by atoms with E-state index in [1.807, 2.05) is 49.4 Å². The van der Waals surface area contributed by atoms with Crippen LogP contribution < -0.4 is 8.92 Å². The molecule has 192 valence electrons. The van der Waals surface area contributed by atoms with Gasteiger partial charge in [-0.05, 0) is 77.0 Å². The number of thioether (sulfide) groups is 1. The fourth-order valence-corrected chi connectivity index (χ4v) is 5.80. The van der Waals surface area contributed by atoms with E-state index in [2.05, 4.69) is 0 Å². The fourth-order valence-electron chi connectivity index (χ4n) is 4.03. The van der Waals surface area contributed by atoms with Gasteiger partial charge in [-0.1, -0.05) is 60.2 Å². The van der Waals surface area contributed by atoms with Gasteiger partial charge < -0.3 is 8.92 Å². The van der Waals surface area contributed by atoms with Gasteiger partial charge in [0.2, 0.25) is 0 Å². The molecule has 0 saturated carbocycles. The molecule has 0 radical (unpaired) electrons. The van der Waals surface area contributed by atoms with Gasteiger partial charge in [-0.2, -0.15) is 8.42 Å². The number of benzene rings is 4. The molecule has 0 aromatic heterocycles. The zero-order valence-electron chi connectivity index (χ0n) is 20.6. The zero-order chi connectivity index (χ0) is 26.9. The monoisotopic (exact) mass is 545 g/mol. The maximum absolute atomic E-state index is 13.1. The second-order valence-electron chi connectivity index (χ2n) is 8.71. The average Bonchev–Trinajstić information content (AvgIpc) is 3.16. The number of carbonyl (C=O) groups is 2. The van der Waals surface area contributed by atoms with E-state index in [0.29, 0.717) is 5.56 Å². The molecule has 0 N–H and O–H groups in total. The van der Waals surface area contributed by atoms with Gasteiger partial charge in [-0.25, -0.2) is 0 Å². The molecule has 9 heteroatoms. The number of imide groups is 1. The summed E-state index contributed by atoms with van der Waals surface area (Å²) in [4.78, 5) is 27.2. The highest BCUT2D eigenvalue weighted by atomic mass is 32.2. The first kappa shape index (κ1) is 25.6. The molecule has 0 unspecified atom stereocenters. The minimum Gasteiger partial charge on any atom is -0.493 e. The van der Waals surface area contributed by atoms with E-state index in [-0.39, 0.29) is 33.1 Å². The summed E-state index contributed by atoms with van der Waals surface area (Å²) in [7, 11) is -2.72. The van der Waals surface area contributed by atoms with Gasteiger partial charge in [0.15, 0.2) is 11.5 Å². The fraction of sp³-hybridized carbons (Fsp3) is 0.103. The molecular formula is C29H23NO6S2. The van der Waals surface area contributed by atoms with E-state index in [4.69, 9.17) is 8.92 Å². The molecule has 1 saturated heterocycles. The van der Waals surface area contributed by atoms with Gasteiger partial charge in [-0.15, -0.1) is 0 Å². The smallest absolute Gasteiger partial charge is 0.339 e. The van der Waals surface area contributed by atoms with Crippen LogP contribution in [0.4, 0.5) is 4.79 Å². The average molecular weight is 546 g/mol. The van der Waals surface area contributed by atoms with Crippen LogP contribution in [0, 0.1) is 6.92 Å². The van der Waals surface area contributed by atoms with Crippen molar-refractivity contribution < 1.29 is 26.9 Å². The van der Waals surface area contributed by atoms with Crippen molar-refractivity contribution in [3.8, 4) is 11.5 Å². The minimum atomic E-state index is -4.12. The van der Waals surface area contributed by atoms with Gasteiger partial charge >= 0.3 is 10.1 Å². The molecule has 1 heterocycles. The molecule has 0 bridgehead atoms. The summed E-state index contributed by atoms with van der Waals surface area (Å²) in [6, 6.07) is 24.6. The van der Waals surface area contributed by atoms with Crippen LogP contribution in [0.5, 0.6) is 11.5 Å². The van der Waals surface area contributed by atoms with Gasteiger partial charge in [0.25, 0.3) is 11.1 Å². The normalized spacial score (nSPS) is 14.9. The van der Waals surface area contributed by atoms with Gasteiger partial charge in [0.1, 0.15) is 4.90 Å². The molecule has 1 aliphatic rings. The highest BCUT2D eigenvalue weighted by Gasteiger charge is 2.35. The Morgan fingerprint density at radius 3 is 2.34 bits per heavy atom. The molecular weight excluding hydrogens is 522 g/mol. The van der Waals surface area contributed by atoms with E-state index in [1.165, 1.54) is 36.3 Å². The molecule has 0 atom stereocenters. The second kappa shape index (κ2) is 10.4. The summed E-state index contributed by atoms with van der Waals surface area (Å²) in [5.41, 5.74) is 2.24. The third-order valence-electron chi connectivity index (χ3n) is 6.02. The Labute approximate surface area is 224 Å². The third-order valence-corrected chi connectivity index (χ3v) is 8.18. The summed E-state index contributed by atoms with van der Waals surface area (Å²) >= 11 is 0.835. The molecule has 7 nitrogen and oxygen atoms in total. The maximum atomic E-state index is 13.1. The largest absolute Gasteiger partial charge is 0.493 e. The number of hydrogen-bond acceptors (Lipinski definition) is 7. The van der Waals surface area contributed by atoms with Crippen LogP contribution in [0.2, 0.25) is 0 Å². The Balaban J connectivity index is 1.38. The van der Waals surface area contributed by atoms with E-state index < -0.39 is 16.0 Å². The van der Waals surface area contributed by atoms with E-state index >= 15 is 0 Å². The lowest BCUT2D eigenvalue weighted by atomic mass is 10.1. The number of ether oxygens (including phenoxy) is 1. The van der Waals surface area contributed by atoms with E-state index in [1.54, 1.807) is 24.3 Å². The summed E-state index contributed by atoms with van der Waals surface area (Å²) in [6.07, 6.45) is 1.54. The van der Waals surface area contributed by atoms with Crippen LogP contribution in [0.3, 0.4) is 0 Å². The Kier molecular flexibility index (Phi) is 6.96. The molecule has 4 aromatic rings. The SMILES string of the molecule is COc1ccc(/C=C2\SC(=O)N(Cc3ccc4ccccc4c3)C2=O)cc1OS(=O)(=O)c1ccc(C)cc1. The summed E-state index contributed by atoms with van der Waals surface area (Å²) in [5.74, 6) is -0.238. The number of nitrogens with zero attached hydrogens (tertiary/aromatic N) is 1. The van der Waals surface area contributed by atoms with Crippen molar-refractivity contribution in [2.24, 2.45) is 0 Å². The first-order chi connectivity index (χ1) is 18.2. The molecule has 1 fully saturated rings. The number of amides is 2. The van der Waals surface area contributed by atoms with Crippen LogP contribution in [0.25, 0.3) is 16.8 Å². The predicted octanol–water partition coefficient (Wildman–Crippen LogP) is 6.16. The van der Waals surface area contributed by atoms with Crippen molar-refractivity contribution in [3.63, 3.8) is 0 Å². The van der Waals surface area contributed by atoms with E-state index in [0.717, 1.165) is 33.7 Å². The van der Waals surface area contributed by atoms with Crippen LogP contribution in [-0.4, -0.2) is 31.6 Å². The number of carbonyl (C=O) groups excluding carboxylic acids is 2. The quantitative estimate of drug-likeness (QED) is 0.203. The van der Waals surface area contributed by atoms with Crippen molar-refractivity contribution in [2.45, 2.75) is 18.4 Å². The Morgan fingerprint density at radius 1 is 0.868 bits per heavy atom. The van der Waals surface area contributed by atoms with Gasteiger partial charge in [-0.3, -0.25) is 14.5 Å². The van der Waals surface area contributed by atoms with Crippen LogP contribution >= 0.6 is 11.8 Å². The van der Waals surface area contributed by atoms with Crippen molar-refractivity contribution in [2.75, 3.05) is 7.11 Å². The van der Waals surface area contributed by atoms with Crippen molar-refractivity contribution in [1.82, 2.24) is 4.90 Å². The first-order valence-corrected chi connectivity index (χ1v) is 13.9. The lowest BCUT2D eigenvalue weighted by Crippen LogP contribution is -2.27. The molecule has 1 aliphatic heterocycles. The number of rotatable bonds is 7. The summed E-state index contributed by atoms with van der Waals surface area (Å²) in [5, 5.41) is 1.73. The predicted molar refractivity (Wildman–Crippen MR) is 147 cm³/mol. The lowest BCUT2D eigenvalue weighted by molar-refractivity contribution is -0.123. The van der Waals surface area contributed by atoms with E-state index in [9.17, 15) is 18.0 Å². The lowest BCUT2D eigenvalue weighted by Gasteiger charge is -2.13. The highest BCUT2D eigenvalue weighted by Crippen LogP contribution is 2.36. The Bertz CT molecular complexity index is 1690. The number of aryl methyl sites for hydroxylation is 1. The number of methoxy groups -OCH3 is 1. The number of hydrogen-bond donors (Lipinski definition) is 0. The molecule has 4 aromatic carbocycles.